The summed E-state index contributed by atoms with van der Waals surface area (Å²) in [5.74, 6) is -0.609. The number of hydrogen-bond acceptors (Lipinski definition) is 7. The number of fused-ring (bicyclic) bond motifs is 1. The fourth-order valence-corrected chi connectivity index (χ4v) is 3.86. The number of rotatable bonds is 12. The van der Waals surface area contributed by atoms with E-state index in [4.69, 9.17) is 11.6 Å². The summed E-state index contributed by atoms with van der Waals surface area (Å²) in [6.45, 7) is 1.94. The van der Waals surface area contributed by atoms with Gasteiger partial charge in [-0.2, -0.15) is 5.10 Å². The summed E-state index contributed by atoms with van der Waals surface area (Å²) in [6, 6.07) is 7.88. The van der Waals surface area contributed by atoms with E-state index in [9.17, 15) is 18.0 Å². The molecule has 14 heteroatoms. The van der Waals surface area contributed by atoms with Gasteiger partial charge in [0.1, 0.15) is 18.4 Å². The zero-order chi connectivity index (χ0) is 26.3. The van der Waals surface area contributed by atoms with Crippen LogP contribution >= 0.6 is 11.6 Å². The molecule has 196 valence electrons. The van der Waals surface area contributed by atoms with Crippen LogP contribution in [0.1, 0.15) is 18.4 Å². The first-order valence-corrected chi connectivity index (χ1v) is 11.7. The number of hydrogen-bond donors (Lipinski definition) is 4. The van der Waals surface area contributed by atoms with E-state index < -0.39 is 12.1 Å². The molecule has 0 radical (unpaired) electrons. The number of unbranched alkanes of at least 4 members (excludes halogenated alkanes) is 1. The zero-order valence-corrected chi connectivity index (χ0v) is 20.2. The van der Waals surface area contributed by atoms with Crippen molar-refractivity contribution in [3.05, 3.63) is 59.8 Å². The van der Waals surface area contributed by atoms with Crippen LogP contribution in [0.2, 0.25) is 5.02 Å². The van der Waals surface area contributed by atoms with Crippen molar-refractivity contribution in [2.75, 3.05) is 25.0 Å². The Morgan fingerprint density at radius 1 is 1.08 bits per heavy atom. The second kappa shape index (κ2) is 12.0. The Balaban J connectivity index is 1.14. The molecule has 0 saturated heterocycles. The largest absolute Gasteiger partial charge is 0.573 e. The number of anilines is 1. The number of aromatic amines is 1. The lowest BCUT2D eigenvalue weighted by atomic mass is 10.2. The van der Waals surface area contributed by atoms with Gasteiger partial charge in [0.25, 0.3) is 0 Å². The third-order valence-corrected chi connectivity index (χ3v) is 5.62. The molecular formula is C23H24ClF3N8O2. The SMILES string of the molecule is O=C(CNCCCCNCc1ccc(OC(F)(F)F)c(Cl)c1)Nc1cc(-n2cnnc2)cc2[nH]ncc12. The topological polar surface area (TPSA) is 122 Å². The van der Waals surface area contributed by atoms with Gasteiger partial charge in [-0.3, -0.25) is 14.5 Å². The summed E-state index contributed by atoms with van der Waals surface area (Å²) >= 11 is 5.86. The molecular weight excluding hydrogens is 513 g/mol. The van der Waals surface area contributed by atoms with E-state index in [1.54, 1.807) is 23.4 Å². The minimum absolute atomic E-state index is 0.0990. The number of halogens is 4. The van der Waals surface area contributed by atoms with E-state index in [0.29, 0.717) is 25.3 Å². The highest BCUT2D eigenvalue weighted by atomic mass is 35.5. The quantitative estimate of drug-likeness (QED) is 0.203. The Labute approximate surface area is 214 Å². The number of alkyl halides is 3. The maximum absolute atomic E-state index is 12.5. The number of nitrogens with zero attached hydrogens (tertiary/aromatic N) is 4. The molecule has 37 heavy (non-hydrogen) atoms. The van der Waals surface area contributed by atoms with Crippen LogP contribution in [0, 0.1) is 0 Å². The number of benzene rings is 2. The lowest BCUT2D eigenvalue weighted by molar-refractivity contribution is -0.274. The van der Waals surface area contributed by atoms with Gasteiger partial charge < -0.3 is 20.7 Å². The first-order chi connectivity index (χ1) is 17.8. The van der Waals surface area contributed by atoms with E-state index in [1.165, 1.54) is 18.2 Å². The first-order valence-electron chi connectivity index (χ1n) is 11.4. The maximum Gasteiger partial charge on any atom is 0.573 e. The number of amides is 1. The smallest absolute Gasteiger partial charge is 0.404 e. The molecule has 0 fully saturated rings. The minimum atomic E-state index is -4.78. The van der Waals surface area contributed by atoms with Crippen LogP contribution in [-0.2, 0) is 11.3 Å². The molecule has 0 bridgehead atoms. The number of aromatic nitrogens is 5. The highest BCUT2D eigenvalue weighted by Crippen LogP contribution is 2.30. The molecule has 0 saturated carbocycles. The Morgan fingerprint density at radius 3 is 2.57 bits per heavy atom. The molecule has 2 heterocycles. The van der Waals surface area contributed by atoms with Gasteiger partial charge in [0, 0.05) is 11.9 Å². The fraction of sp³-hybridized carbons (Fsp3) is 0.304. The van der Waals surface area contributed by atoms with Crippen LogP contribution < -0.4 is 20.7 Å². The van der Waals surface area contributed by atoms with Crippen molar-refractivity contribution in [1.29, 1.82) is 0 Å². The normalized spacial score (nSPS) is 11.7. The Hall–Kier alpha value is -3.68. The van der Waals surface area contributed by atoms with Crippen molar-refractivity contribution < 1.29 is 22.7 Å². The Morgan fingerprint density at radius 2 is 1.84 bits per heavy atom. The van der Waals surface area contributed by atoms with Crippen LogP contribution in [-0.4, -0.2) is 56.9 Å². The van der Waals surface area contributed by atoms with Gasteiger partial charge in [-0.25, -0.2) is 0 Å². The maximum atomic E-state index is 12.5. The Bertz CT molecular complexity index is 1330. The van der Waals surface area contributed by atoms with Gasteiger partial charge in [0.15, 0.2) is 0 Å². The van der Waals surface area contributed by atoms with Crippen LogP contribution in [0.3, 0.4) is 0 Å². The molecule has 4 rings (SSSR count). The molecule has 0 atom stereocenters. The molecule has 0 aliphatic heterocycles. The fourth-order valence-electron chi connectivity index (χ4n) is 3.61. The van der Waals surface area contributed by atoms with Gasteiger partial charge >= 0.3 is 6.36 Å². The summed E-state index contributed by atoms with van der Waals surface area (Å²) in [5, 5.41) is 24.5. The molecule has 4 N–H and O–H groups in total. The van der Waals surface area contributed by atoms with Crippen LogP contribution in [0.5, 0.6) is 5.75 Å². The minimum Gasteiger partial charge on any atom is -0.404 e. The second-order valence-corrected chi connectivity index (χ2v) is 8.52. The first kappa shape index (κ1) is 26.4. The summed E-state index contributed by atoms with van der Waals surface area (Å²) in [7, 11) is 0. The van der Waals surface area contributed by atoms with Gasteiger partial charge in [-0.1, -0.05) is 17.7 Å². The van der Waals surface area contributed by atoms with Crippen LogP contribution in [0.25, 0.3) is 16.6 Å². The van der Waals surface area contributed by atoms with Gasteiger partial charge in [0.2, 0.25) is 5.91 Å². The molecule has 4 aromatic rings. The third kappa shape index (κ3) is 7.65. The van der Waals surface area contributed by atoms with Crippen LogP contribution in [0.4, 0.5) is 18.9 Å². The van der Waals surface area contributed by atoms with Crippen molar-refractivity contribution in [3.8, 4) is 11.4 Å². The molecule has 2 aromatic heterocycles. The van der Waals surface area contributed by atoms with Crippen molar-refractivity contribution >= 4 is 34.1 Å². The molecule has 2 aromatic carbocycles. The van der Waals surface area contributed by atoms with Crippen molar-refractivity contribution in [2.45, 2.75) is 25.7 Å². The lowest BCUT2D eigenvalue weighted by Crippen LogP contribution is -2.29. The summed E-state index contributed by atoms with van der Waals surface area (Å²) in [5.41, 5.74) is 2.93. The molecule has 0 unspecified atom stereocenters. The number of carbonyl (C=O) groups is 1. The lowest BCUT2D eigenvalue weighted by Gasteiger charge is -2.12. The van der Waals surface area contributed by atoms with Gasteiger partial charge in [0.05, 0.1) is 34.7 Å². The van der Waals surface area contributed by atoms with Crippen LogP contribution in [0.15, 0.2) is 49.2 Å². The number of nitrogens with one attached hydrogen (secondary N) is 4. The Kier molecular flexibility index (Phi) is 8.58. The number of carbonyl (C=O) groups excluding carboxylic acids is 1. The van der Waals surface area contributed by atoms with Gasteiger partial charge in [-0.15, -0.1) is 23.4 Å². The second-order valence-electron chi connectivity index (χ2n) is 8.12. The van der Waals surface area contributed by atoms with Crippen molar-refractivity contribution in [1.82, 2.24) is 35.6 Å². The summed E-state index contributed by atoms with van der Waals surface area (Å²) in [4.78, 5) is 12.5. The number of ether oxygens (including phenoxy) is 1. The van der Waals surface area contributed by atoms with E-state index in [0.717, 1.165) is 35.0 Å². The van der Waals surface area contributed by atoms with E-state index >= 15 is 0 Å². The summed E-state index contributed by atoms with van der Waals surface area (Å²) in [6.07, 6.45) is 1.67. The molecule has 0 spiro atoms. The summed E-state index contributed by atoms with van der Waals surface area (Å²) < 4.78 is 42.5. The molecule has 0 aliphatic rings. The van der Waals surface area contributed by atoms with Crippen molar-refractivity contribution in [2.24, 2.45) is 0 Å². The molecule has 0 aliphatic carbocycles. The van der Waals surface area contributed by atoms with Gasteiger partial charge in [-0.05, 0) is 55.8 Å². The van der Waals surface area contributed by atoms with E-state index in [2.05, 4.69) is 41.1 Å². The highest BCUT2D eigenvalue weighted by Gasteiger charge is 2.32. The molecule has 10 nitrogen and oxygen atoms in total. The number of H-pyrrole nitrogens is 1. The average molecular weight is 537 g/mol. The van der Waals surface area contributed by atoms with Crippen molar-refractivity contribution in [3.63, 3.8) is 0 Å². The average Bonchev–Trinajstić information content (AvgIpc) is 3.54. The predicted octanol–water partition coefficient (Wildman–Crippen LogP) is 3.79. The predicted molar refractivity (Wildman–Crippen MR) is 132 cm³/mol. The van der Waals surface area contributed by atoms with E-state index in [1.807, 2.05) is 12.1 Å². The standard InChI is InChI=1S/C23H24ClF3N8O2/c24-18-7-15(3-4-21(18)37-23(25,26)27)10-28-5-1-2-6-29-12-22(36)33-19-8-16(35-13-31-32-14-35)9-20-17(19)11-30-34-20/h3-4,7-9,11,13-14,28-29H,1-2,5-6,10,12H2,(H,30,34)(H,33,36). The highest BCUT2D eigenvalue weighted by molar-refractivity contribution is 6.32. The third-order valence-electron chi connectivity index (χ3n) is 5.33. The monoisotopic (exact) mass is 536 g/mol. The molecule has 1 amide bonds. The zero-order valence-electron chi connectivity index (χ0n) is 19.5. The van der Waals surface area contributed by atoms with E-state index in [-0.39, 0.29) is 17.5 Å².